The van der Waals surface area contributed by atoms with Crippen LogP contribution in [0.15, 0.2) is 4.52 Å². The van der Waals surface area contributed by atoms with E-state index in [0.29, 0.717) is 31.0 Å². The largest absolute Gasteiger partial charge is 0.461 e. The quantitative estimate of drug-likeness (QED) is 0.778. The van der Waals surface area contributed by atoms with Crippen LogP contribution in [0.4, 0.5) is 0 Å². The summed E-state index contributed by atoms with van der Waals surface area (Å²) in [5.41, 5.74) is 0.641. The Hall–Kier alpha value is -1.40. The van der Waals surface area contributed by atoms with Crippen molar-refractivity contribution in [1.29, 1.82) is 0 Å². The average molecular weight is 311 g/mol. The molecule has 1 fully saturated rings. The summed E-state index contributed by atoms with van der Waals surface area (Å²) in [6, 6.07) is 0. The van der Waals surface area contributed by atoms with Crippen molar-refractivity contribution in [1.82, 2.24) is 5.16 Å². The maximum atomic E-state index is 12.1. The van der Waals surface area contributed by atoms with Gasteiger partial charge in [-0.3, -0.25) is 0 Å². The molecule has 0 unspecified atom stereocenters. The molecular formula is C16H25NO5. The van der Waals surface area contributed by atoms with Crippen LogP contribution in [-0.2, 0) is 26.4 Å². The molecule has 1 aliphatic heterocycles. The monoisotopic (exact) mass is 311 g/mol. The molecule has 0 spiro atoms. The molecule has 1 saturated heterocycles. The third-order valence-corrected chi connectivity index (χ3v) is 3.64. The number of esters is 1. The standard InChI is InChI=1S/C16H25NO5/c1-6-8-11-12(13(17-22-11)14(18)19-7-2)16(5)20-9-15(3,4)10-21-16/h6-10H2,1-5H3. The molecule has 0 amide bonds. The summed E-state index contributed by atoms with van der Waals surface area (Å²) in [5.74, 6) is -0.933. The second-order valence-corrected chi connectivity index (χ2v) is 6.49. The molecule has 0 N–H and O–H groups in total. The topological polar surface area (TPSA) is 70.8 Å². The highest BCUT2D eigenvalue weighted by Crippen LogP contribution is 2.39. The van der Waals surface area contributed by atoms with Crippen molar-refractivity contribution in [2.45, 2.75) is 53.2 Å². The third-order valence-electron chi connectivity index (χ3n) is 3.64. The van der Waals surface area contributed by atoms with E-state index in [2.05, 4.69) is 19.0 Å². The molecule has 0 radical (unpaired) electrons. The van der Waals surface area contributed by atoms with Gasteiger partial charge in [-0.2, -0.15) is 0 Å². The van der Waals surface area contributed by atoms with E-state index in [1.165, 1.54) is 0 Å². The summed E-state index contributed by atoms with van der Waals surface area (Å²) in [6.45, 7) is 11.1. The van der Waals surface area contributed by atoms with Gasteiger partial charge in [0.15, 0.2) is 11.5 Å². The van der Waals surface area contributed by atoms with Crippen LogP contribution in [0.5, 0.6) is 0 Å². The first kappa shape index (κ1) is 17.0. The Morgan fingerprint density at radius 2 is 1.86 bits per heavy atom. The Bertz CT molecular complexity index is 525. The molecular weight excluding hydrogens is 286 g/mol. The molecule has 0 aromatic carbocycles. The van der Waals surface area contributed by atoms with E-state index in [0.717, 1.165) is 6.42 Å². The maximum Gasteiger partial charge on any atom is 0.361 e. The van der Waals surface area contributed by atoms with Crippen molar-refractivity contribution in [3.63, 3.8) is 0 Å². The zero-order valence-corrected chi connectivity index (χ0v) is 14.0. The molecule has 0 saturated carbocycles. The highest BCUT2D eigenvalue weighted by Gasteiger charge is 2.44. The van der Waals surface area contributed by atoms with Gasteiger partial charge in [0.05, 0.1) is 25.4 Å². The second-order valence-electron chi connectivity index (χ2n) is 6.49. The maximum absolute atomic E-state index is 12.1. The van der Waals surface area contributed by atoms with Gasteiger partial charge >= 0.3 is 5.97 Å². The SMILES string of the molecule is CCCc1onc(C(=O)OCC)c1C1(C)OCC(C)(C)CO1. The van der Waals surface area contributed by atoms with Crippen molar-refractivity contribution in [3.05, 3.63) is 17.0 Å². The van der Waals surface area contributed by atoms with Crippen LogP contribution in [0.25, 0.3) is 0 Å². The summed E-state index contributed by atoms with van der Waals surface area (Å²) in [5, 5.41) is 3.90. The molecule has 1 aromatic rings. The van der Waals surface area contributed by atoms with Crippen LogP contribution in [0.3, 0.4) is 0 Å². The Kier molecular flexibility index (Phi) is 4.92. The zero-order valence-electron chi connectivity index (χ0n) is 14.0. The van der Waals surface area contributed by atoms with Crippen LogP contribution in [0.2, 0.25) is 0 Å². The molecule has 0 aliphatic carbocycles. The van der Waals surface area contributed by atoms with Gasteiger partial charge in [0.1, 0.15) is 5.76 Å². The molecule has 6 heteroatoms. The zero-order chi connectivity index (χ0) is 16.4. The highest BCUT2D eigenvalue weighted by molar-refractivity contribution is 5.89. The Balaban J connectivity index is 2.38. The first-order valence-corrected chi connectivity index (χ1v) is 7.77. The predicted molar refractivity (Wildman–Crippen MR) is 79.5 cm³/mol. The van der Waals surface area contributed by atoms with Crippen LogP contribution in [0, 0.1) is 5.41 Å². The van der Waals surface area contributed by atoms with Crippen molar-refractivity contribution in [2.24, 2.45) is 5.41 Å². The van der Waals surface area contributed by atoms with Crippen LogP contribution >= 0.6 is 0 Å². The number of ether oxygens (including phenoxy) is 3. The first-order valence-electron chi connectivity index (χ1n) is 7.77. The second kappa shape index (κ2) is 6.38. The first-order chi connectivity index (χ1) is 10.3. The summed E-state index contributed by atoms with van der Waals surface area (Å²) in [6.07, 6.45) is 1.53. The van der Waals surface area contributed by atoms with E-state index in [4.69, 9.17) is 18.7 Å². The molecule has 0 atom stereocenters. The number of carbonyl (C=O) groups excluding carboxylic acids is 1. The van der Waals surface area contributed by atoms with Gasteiger partial charge in [0, 0.05) is 11.8 Å². The number of rotatable bonds is 5. The molecule has 1 aliphatic rings. The Labute approximate surface area is 131 Å². The van der Waals surface area contributed by atoms with Crippen molar-refractivity contribution in [2.75, 3.05) is 19.8 Å². The van der Waals surface area contributed by atoms with Crippen molar-refractivity contribution in [3.8, 4) is 0 Å². The van der Waals surface area contributed by atoms with Gasteiger partial charge in [0.25, 0.3) is 0 Å². The van der Waals surface area contributed by atoms with Gasteiger partial charge in [-0.15, -0.1) is 0 Å². The number of nitrogens with zero attached hydrogens (tertiary/aromatic N) is 1. The van der Waals surface area contributed by atoms with E-state index >= 15 is 0 Å². The molecule has 22 heavy (non-hydrogen) atoms. The van der Waals surface area contributed by atoms with Gasteiger partial charge in [-0.1, -0.05) is 25.9 Å². The van der Waals surface area contributed by atoms with Crippen molar-refractivity contribution >= 4 is 5.97 Å². The van der Waals surface area contributed by atoms with Gasteiger partial charge in [-0.25, -0.2) is 4.79 Å². The van der Waals surface area contributed by atoms with E-state index in [1.807, 2.05) is 6.92 Å². The van der Waals surface area contributed by atoms with E-state index in [1.54, 1.807) is 13.8 Å². The molecule has 6 nitrogen and oxygen atoms in total. The number of aryl methyl sites for hydroxylation is 1. The lowest BCUT2D eigenvalue weighted by Crippen LogP contribution is -2.44. The minimum absolute atomic E-state index is 0.0638. The number of hydrogen-bond acceptors (Lipinski definition) is 6. The fraction of sp³-hybridized carbons (Fsp3) is 0.750. The fourth-order valence-electron chi connectivity index (χ4n) is 2.42. The fourth-order valence-corrected chi connectivity index (χ4v) is 2.42. The summed E-state index contributed by atoms with van der Waals surface area (Å²) in [4.78, 5) is 12.1. The van der Waals surface area contributed by atoms with Crippen LogP contribution in [-0.4, -0.2) is 30.9 Å². The number of hydrogen-bond donors (Lipinski definition) is 0. The average Bonchev–Trinajstić information content (AvgIpc) is 2.88. The summed E-state index contributed by atoms with van der Waals surface area (Å²) < 4.78 is 22.3. The predicted octanol–water partition coefficient (Wildman–Crippen LogP) is 3.05. The molecule has 124 valence electrons. The van der Waals surface area contributed by atoms with E-state index in [-0.39, 0.29) is 17.7 Å². The highest BCUT2D eigenvalue weighted by atomic mass is 16.7. The lowest BCUT2D eigenvalue weighted by atomic mass is 9.93. The number of aromatic nitrogens is 1. The summed E-state index contributed by atoms with van der Waals surface area (Å²) >= 11 is 0. The van der Waals surface area contributed by atoms with E-state index in [9.17, 15) is 4.79 Å². The molecule has 1 aromatic heterocycles. The van der Waals surface area contributed by atoms with Gasteiger partial charge in [0.2, 0.25) is 0 Å². The van der Waals surface area contributed by atoms with Crippen LogP contribution in [0.1, 0.15) is 62.9 Å². The molecule has 2 rings (SSSR count). The Morgan fingerprint density at radius 3 is 2.41 bits per heavy atom. The number of carbonyl (C=O) groups is 1. The van der Waals surface area contributed by atoms with Gasteiger partial charge < -0.3 is 18.7 Å². The lowest BCUT2D eigenvalue weighted by molar-refractivity contribution is -0.298. The Morgan fingerprint density at radius 1 is 1.23 bits per heavy atom. The minimum atomic E-state index is -1.04. The van der Waals surface area contributed by atoms with E-state index < -0.39 is 11.8 Å². The smallest absolute Gasteiger partial charge is 0.361 e. The van der Waals surface area contributed by atoms with Crippen molar-refractivity contribution < 1.29 is 23.5 Å². The molecule has 2 heterocycles. The molecule has 0 bridgehead atoms. The van der Waals surface area contributed by atoms with Crippen LogP contribution < -0.4 is 0 Å². The lowest BCUT2D eigenvalue weighted by Gasteiger charge is -2.41. The van der Waals surface area contributed by atoms with Gasteiger partial charge in [-0.05, 0) is 20.3 Å². The minimum Gasteiger partial charge on any atom is -0.461 e. The normalized spacial score (nSPS) is 19.9. The third kappa shape index (κ3) is 3.33. The summed E-state index contributed by atoms with van der Waals surface area (Å²) in [7, 11) is 0.